The van der Waals surface area contributed by atoms with E-state index >= 15 is 0 Å². The second-order valence-corrected chi connectivity index (χ2v) is 17.6. The van der Waals surface area contributed by atoms with Crippen LogP contribution in [0.1, 0.15) is 46.8 Å². The lowest BCUT2D eigenvalue weighted by molar-refractivity contribution is 0.102. The third kappa shape index (κ3) is 8.27. The smallest absolute Gasteiger partial charge is 0.261 e. The van der Waals surface area contributed by atoms with Crippen LogP contribution in [0.5, 0.6) is 11.5 Å². The molecule has 0 spiro atoms. The van der Waals surface area contributed by atoms with E-state index in [9.17, 15) is 15.0 Å². The number of amides is 1. The number of aromatic hydroxyl groups is 2. The van der Waals surface area contributed by atoms with Gasteiger partial charge in [-0.2, -0.15) is 10.2 Å². The molecule has 304 valence electrons. The molecule has 0 bridgehead atoms. The summed E-state index contributed by atoms with van der Waals surface area (Å²) in [6.45, 7) is 4.02. The van der Waals surface area contributed by atoms with Gasteiger partial charge in [-0.05, 0) is 112 Å². The summed E-state index contributed by atoms with van der Waals surface area (Å²) >= 11 is 17.8. The average Bonchev–Trinajstić information content (AvgIpc) is 3.68. The Morgan fingerprint density at radius 1 is 0.694 bits per heavy atom. The van der Waals surface area contributed by atoms with Crippen LogP contribution in [0.3, 0.4) is 0 Å². The van der Waals surface area contributed by atoms with E-state index in [4.69, 9.17) is 28.2 Å². The molecule has 0 aliphatic carbocycles. The molecule has 62 heavy (non-hydrogen) atoms. The predicted octanol–water partition coefficient (Wildman–Crippen LogP) is 16.6. The number of aromatic nitrogens is 1. The summed E-state index contributed by atoms with van der Waals surface area (Å²) in [5, 5.41) is 50.0. The minimum absolute atomic E-state index is 0.000599. The molecule has 0 saturated heterocycles. The third-order valence-corrected chi connectivity index (χ3v) is 12.4. The van der Waals surface area contributed by atoms with E-state index in [1.54, 1.807) is 36.4 Å². The fraction of sp³-hybridized carbons (Fsp3) is 0.0612. The zero-order chi connectivity index (χ0) is 43.1. The lowest BCUT2D eigenvalue weighted by atomic mass is 9.96. The van der Waals surface area contributed by atoms with E-state index in [1.807, 2.05) is 117 Å². The monoisotopic (exact) mass is 934 g/mol. The Morgan fingerprint density at radius 3 is 2.08 bits per heavy atom. The van der Waals surface area contributed by atoms with Gasteiger partial charge in [0.1, 0.15) is 17.1 Å². The van der Waals surface area contributed by atoms with Crippen LogP contribution >= 0.6 is 50.5 Å². The predicted molar refractivity (Wildman–Crippen MR) is 258 cm³/mol. The van der Waals surface area contributed by atoms with Crippen LogP contribution in [0, 0.1) is 0 Å². The molecule has 1 heterocycles. The standard InChI is InChI=1S/C49H33BrCl2N6O3S/c1-26(2)39-24-30-21-32(51)14-16-37(30)44(46(39)59)57-56-35-11-6-9-29(23-35)41(50)20-27-7-5-10-34(19-27)55-58-45-38-17-15-33(52)22-31(38)25-40(47(45)60)48(61)54-49-53-43-36-12-4-3-8-28(36)13-18-42(43)62-49/h3-26,59-60H,1-2H3,(H,53,54,61). The van der Waals surface area contributed by atoms with Crippen LogP contribution in [0.25, 0.3) is 53.1 Å². The first-order valence-corrected chi connectivity index (χ1v) is 21.8. The van der Waals surface area contributed by atoms with E-state index in [-0.39, 0.29) is 28.7 Å². The summed E-state index contributed by atoms with van der Waals surface area (Å²) in [6, 6.07) is 41.0. The Morgan fingerprint density at radius 2 is 1.35 bits per heavy atom. The Bertz CT molecular complexity index is 3370. The number of halogens is 3. The number of anilines is 1. The van der Waals surface area contributed by atoms with Gasteiger partial charge in [-0.15, -0.1) is 10.2 Å². The summed E-state index contributed by atoms with van der Waals surface area (Å²) in [4.78, 5) is 18.5. The van der Waals surface area contributed by atoms with Crippen molar-refractivity contribution in [1.82, 2.24) is 4.98 Å². The van der Waals surface area contributed by atoms with Crippen LogP contribution < -0.4 is 5.32 Å². The number of rotatable bonds is 9. The number of phenols is 2. The van der Waals surface area contributed by atoms with Gasteiger partial charge >= 0.3 is 0 Å². The summed E-state index contributed by atoms with van der Waals surface area (Å²) < 4.78 is 1.70. The largest absolute Gasteiger partial charge is 0.505 e. The lowest BCUT2D eigenvalue weighted by Gasteiger charge is -2.13. The Balaban J connectivity index is 0.983. The molecule has 0 fully saturated rings. The highest BCUT2D eigenvalue weighted by atomic mass is 79.9. The van der Waals surface area contributed by atoms with Crippen LogP contribution in [0.2, 0.25) is 10.0 Å². The first-order chi connectivity index (χ1) is 30.0. The summed E-state index contributed by atoms with van der Waals surface area (Å²) in [5.74, 6) is -0.729. The molecular weight excluding hydrogens is 903 g/mol. The molecule has 9 aromatic rings. The average molecular weight is 937 g/mol. The zero-order valence-electron chi connectivity index (χ0n) is 32.9. The molecule has 0 saturated carbocycles. The molecule has 13 heteroatoms. The highest BCUT2D eigenvalue weighted by Gasteiger charge is 2.21. The Hall–Kier alpha value is -6.50. The van der Waals surface area contributed by atoms with Gasteiger partial charge in [0.2, 0.25) is 0 Å². The number of carbonyl (C=O) groups excluding carboxylic acids is 1. The minimum Gasteiger partial charge on any atom is -0.505 e. The number of carbonyl (C=O) groups is 1. The maximum Gasteiger partial charge on any atom is 0.261 e. The number of nitrogens with zero attached hydrogens (tertiary/aromatic N) is 5. The Labute approximate surface area is 377 Å². The number of benzene rings is 8. The summed E-state index contributed by atoms with van der Waals surface area (Å²) in [5.41, 5.74) is 4.81. The quantitative estimate of drug-likeness (QED) is 0.0982. The summed E-state index contributed by atoms with van der Waals surface area (Å²) in [6.07, 6.45) is 1.94. The van der Waals surface area contributed by atoms with Crippen LogP contribution in [0.15, 0.2) is 154 Å². The van der Waals surface area contributed by atoms with Crippen molar-refractivity contribution in [3.63, 3.8) is 0 Å². The SMILES string of the molecule is CC(C)c1cc2cc(Cl)ccc2c(N=Nc2cccc(C(Br)=Cc3cccc(N=Nc4c(O)c(C(=O)Nc5nc6c(ccc7ccccc76)s5)cc5cc(Cl)ccc45)c3)c2)c1O. The molecule has 1 amide bonds. The molecule has 0 radical (unpaired) electrons. The zero-order valence-corrected chi connectivity index (χ0v) is 36.9. The topological polar surface area (TPSA) is 132 Å². The highest BCUT2D eigenvalue weighted by Crippen LogP contribution is 2.44. The van der Waals surface area contributed by atoms with Crippen molar-refractivity contribution in [3.8, 4) is 11.5 Å². The molecule has 0 unspecified atom stereocenters. The maximum atomic E-state index is 13.8. The number of nitrogens with one attached hydrogen (secondary N) is 1. The molecule has 8 aromatic carbocycles. The molecular formula is C49H33BrCl2N6O3S. The molecule has 0 aliphatic heterocycles. The van der Waals surface area contributed by atoms with E-state index < -0.39 is 5.91 Å². The Kier molecular flexibility index (Phi) is 11.3. The van der Waals surface area contributed by atoms with Crippen LogP contribution in [-0.4, -0.2) is 21.1 Å². The number of phenolic OH excluding ortho intramolecular Hbond substituents is 2. The maximum absolute atomic E-state index is 13.8. The van der Waals surface area contributed by atoms with Gasteiger partial charge in [-0.3, -0.25) is 10.1 Å². The van der Waals surface area contributed by atoms with Gasteiger partial charge in [-0.1, -0.05) is 131 Å². The van der Waals surface area contributed by atoms with Gasteiger partial charge in [0.05, 0.1) is 27.2 Å². The first kappa shape index (κ1) is 40.9. The molecule has 9 rings (SSSR count). The van der Waals surface area contributed by atoms with Crippen molar-refractivity contribution in [2.45, 2.75) is 19.8 Å². The second kappa shape index (κ2) is 17.1. The van der Waals surface area contributed by atoms with E-state index in [0.29, 0.717) is 43.0 Å². The number of thiazole rings is 1. The number of azo groups is 2. The normalized spacial score (nSPS) is 12.3. The van der Waals surface area contributed by atoms with Gasteiger partial charge in [0, 0.05) is 30.7 Å². The fourth-order valence-corrected chi connectivity index (χ4v) is 9.00. The summed E-state index contributed by atoms with van der Waals surface area (Å²) in [7, 11) is 0. The van der Waals surface area contributed by atoms with E-state index in [1.165, 1.54) is 11.3 Å². The van der Waals surface area contributed by atoms with Crippen LogP contribution in [0.4, 0.5) is 27.9 Å². The molecule has 0 aliphatic rings. The molecule has 1 aromatic heterocycles. The molecule has 0 atom stereocenters. The minimum atomic E-state index is -0.552. The van der Waals surface area contributed by atoms with Crippen LogP contribution in [-0.2, 0) is 0 Å². The van der Waals surface area contributed by atoms with Gasteiger partial charge < -0.3 is 10.2 Å². The van der Waals surface area contributed by atoms with Gasteiger partial charge in [0.15, 0.2) is 10.9 Å². The second-order valence-electron chi connectivity index (χ2n) is 14.8. The number of fused-ring (bicyclic) bond motifs is 5. The number of hydrogen-bond acceptors (Lipinski definition) is 9. The van der Waals surface area contributed by atoms with Gasteiger partial charge in [0.25, 0.3) is 5.91 Å². The highest BCUT2D eigenvalue weighted by molar-refractivity contribution is 9.15. The van der Waals surface area contributed by atoms with Crippen molar-refractivity contribution in [3.05, 3.63) is 166 Å². The van der Waals surface area contributed by atoms with E-state index in [0.717, 1.165) is 52.9 Å². The molecule has 3 N–H and O–H groups in total. The first-order valence-electron chi connectivity index (χ1n) is 19.4. The lowest BCUT2D eigenvalue weighted by Crippen LogP contribution is -2.12. The van der Waals surface area contributed by atoms with Crippen molar-refractivity contribution < 1.29 is 15.0 Å². The van der Waals surface area contributed by atoms with Crippen molar-refractivity contribution >= 4 is 137 Å². The molecule has 9 nitrogen and oxygen atoms in total. The van der Waals surface area contributed by atoms with Gasteiger partial charge in [-0.25, -0.2) is 4.98 Å². The number of hydrogen-bond donors (Lipinski definition) is 3. The third-order valence-electron chi connectivity index (χ3n) is 10.3. The van der Waals surface area contributed by atoms with E-state index in [2.05, 4.69) is 41.7 Å². The van der Waals surface area contributed by atoms with Crippen molar-refractivity contribution in [2.75, 3.05) is 5.32 Å². The van der Waals surface area contributed by atoms with Crippen molar-refractivity contribution in [1.29, 1.82) is 0 Å². The fourth-order valence-electron chi connectivity index (χ4n) is 7.25. The van der Waals surface area contributed by atoms with Crippen molar-refractivity contribution in [2.24, 2.45) is 20.5 Å².